The molecule has 3 unspecified atom stereocenters. The number of aromatic nitrogens is 1. The van der Waals surface area contributed by atoms with E-state index in [0.717, 1.165) is 47.4 Å². The van der Waals surface area contributed by atoms with Crippen LogP contribution in [-0.4, -0.2) is 60.5 Å². The van der Waals surface area contributed by atoms with Gasteiger partial charge < -0.3 is 25.8 Å². The third-order valence-electron chi connectivity index (χ3n) is 6.83. The van der Waals surface area contributed by atoms with Crippen molar-refractivity contribution >= 4 is 22.6 Å². The number of rotatable bonds is 6. The molecule has 1 aromatic carbocycles. The maximum Gasteiger partial charge on any atom is 0.365 e. The summed E-state index contributed by atoms with van der Waals surface area (Å²) >= 11 is 0. The minimum Gasteiger partial charge on any atom is -0.578 e. The summed E-state index contributed by atoms with van der Waals surface area (Å²) in [5.74, 6) is 0.988. The summed E-state index contributed by atoms with van der Waals surface area (Å²) in [6.45, 7) is 5.47. The molecule has 7 heteroatoms. The summed E-state index contributed by atoms with van der Waals surface area (Å²) in [4.78, 5) is 11.6. The minimum absolute atomic E-state index is 0.0763. The van der Waals surface area contributed by atoms with Crippen LogP contribution in [0.15, 0.2) is 29.3 Å². The van der Waals surface area contributed by atoms with Crippen LogP contribution < -0.4 is 16.0 Å². The van der Waals surface area contributed by atoms with Crippen LogP contribution in [0.1, 0.15) is 56.6 Å². The quantitative estimate of drug-likeness (QED) is 0.409. The molecule has 1 aliphatic heterocycles. The summed E-state index contributed by atoms with van der Waals surface area (Å²) in [5.41, 5.74) is 8.70. The summed E-state index contributed by atoms with van der Waals surface area (Å²) in [6.07, 6.45) is 7.17. The Balaban J connectivity index is 1.63. The fourth-order valence-electron chi connectivity index (χ4n) is 5.14. The number of aliphatic imine (C=N–C) groups is 1. The second-order valence-electron chi connectivity index (χ2n) is 9.34. The Morgan fingerprint density at radius 2 is 2.06 bits per heavy atom. The Bertz CT molecular complexity index is 955. The van der Waals surface area contributed by atoms with E-state index in [9.17, 15) is 0 Å². The summed E-state index contributed by atoms with van der Waals surface area (Å²) in [5, 5.41) is 13.5. The van der Waals surface area contributed by atoms with Crippen LogP contribution in [0.5, 0.6) is 0 Å². The number of fused-ring (bicyclic) bond motifs is 1. The fourth-order valence-corrected chi connectivity index (χ4v) is 5.14. The zero-order valence-corrected chi connectivity index (χ0v) is 19.6. The van der Waals surface area contributed by atoms with E-state index in [2.05, 4.69) is 28.2 Å². The summed E-state index contributed by atoms with van der Waals surface area (Å²) in [6, 6.07) is 9.13. The van der Waals surface area contributed by atoms with E-state index < -0.39 is 6.17 Å². The fraction of sp³-hybridized carbons (Fsp3) is 0.600. The van der Waals surface area contributed by atoms with Crippen molar-refractivity contribution in [3.05, 3.63) is 35.4 Å². The van der Waals surface area contributed by atoms with Gasteiger partial charge in [0.25, 0.3) is 0 Å². The summed E-state index contributed by atoms with van der Waals surface area (Å²) < 4.78 is 5.94. The number of hydrogen-bond donors (Lipinski definition) is 2. The molecule has 1 aromatic heterocycles. The van der Waals surface area contributed by atoms with Crippen LogP contribution in [0.3, 0.4) is 0 Å². The number of nitrogens with one attached hydrogen (secondary N) is 1. The number of anilines is 1. The first-order chi connectivity index (χ1) is 15.5. The molecule has 2 fully saturated rings. The molecular formula is C25H38N5O2+. The predicted octanol–water partition coefficient (Wildman–Crippen LogP) is 2.84. The van der Waals surface area contributed by atoms with Gasteiger partial charge in [-0.15, -0.1) is 0 Å². The van der Waals surface area contributed by atoms with E-state index in [4.69, 9.17) is 20.6 Å². The number of hydrogen-bond acceptors (Lipinski definition) is 6. The Hall–Kier alpha value is -2.22. The zero-order chi connectivity index (χ0) is 22.7. The first-order valence-electron chi connectivity index (χ1n) is 12.0. The molecule has 5 N–H and O–H groups in total. The van der Waals surface area contributed by atoms with Crippen molar-refractivity contribution in [3.8, 4) is 0 Å². The molecule has 2 aromatic rings. The van der Waals surface area contributed by atoms with Gasteiger partial charge in [-0.3, -0.25) is 0 Å². The average Bonchev–Trinajstić information content (AvgIpc) is 2.79. The van der Waals surface area contributed by atoms with Crippen molar-refractivity contribution in [1.82, 2.24) is 10.3 Å². The normalized spacial score (nSPS) is 24.1. The largest absolute Gasteiger partial charge is 0.578 e. The van der Waals surface area contributed by atoms with Crippen LogP contribution in [0.25, 0.3) is 10.9 Å². The highest BCUT2D eigenvalue weighted by molar-refractivity contribution is 6.01. The third-order valence-corrected chi connectivity index (χ3v) is 6.83. The van der Waals surface area contributed by atoms with Gasteiger partial charge >= 0.3 is 5.90 Å². The lowest BCUT2D eigenvalue weighted by Gasteiger charge is -2.41. The number of benzene rings is 1. The highest BCUT2D eigenvalue weighted by Crippen LogP contribution is 2.29. The molecule has 2 aliphatic rings. The van der Waals surface area contributed by atoms with Crippen molar-refractivity contribution in [2.75, 3.05) is 25.1 Å². The molecule has 0 bridgehead atoms. The van der Waals surface area contributed by atoms with Crippen LogP contribution in [0.2, 0.25) is 0 Å². The molecule has 7 nitrogen and oxygen atoms in total. The van der Waals surface area contributed by atoms with Crippen molar-refractivity contribution in [3.63, 3.8) is 0 Å². The lowest BCUT2D eigenvalue weighted by Crippen LogP contribution is -2.56. The lowest BCUT2D eigenvalue weighted by atomic mass is 9.92. The molecule has 1 saturated carbocycles. The van der Waals surface area contributed by atoms with Gasteiger partial charge in [0.05, 0.1) is 11.6 Å². The molecule has 0 amide bonds. The summed E-state index contributed by atoms with van der Waals surface area (Å²) in [7, 11) is 1.80. The average molecular weight is 441 g/mol. The van der Waals surface area contributed by atoms with E-state index in [1.165, 1.54) is 32.1 Å². The SMILES string of the molecule is COC1CN(c2nc3c(C)cccc3cc2/C([OH2+])=N/C(C)N)CCC1NC1CCCCC1. The number of para-hydroxylation sites is 1. The van der Waals surface area contributed by atoms with E-state index in [1.807, 2.05) is 18.2 Å². The second-order valence-corrected chi connectivity index (χ2v) is 9.34. The van der Waals surface area contributed by atoms with Crippen molar-refractivity contribution in [2.45, 2.75) is 76.7 Å². The molecule has 4 rings (SSSR count). The van der Waals surface area contributed by atoms with Gasteiger partial charge in [0.15, 0.2) is 0 Å². The van der Waals surface area contributed by atoms with Gasteiger partial charge in [-0.2, -0.15) is 4.99 Å². The van der Waals surface area contributed by atoms with Crippen LogP contribution in [0.4, 0.5) is 5.82 Å². The monoisotopic (exact) mass is 440 g/mol. The van der Waals surface area contributed by atoms with Crippen molar-refractivity contribution in [1.29, 1.82) is 0 Å². The Morgan fingerprint density at radius 1 is 1.28 bits per heavy atom. The van der Waals surface area contributed by atoms with E-state index >= 15 is 0 Å². The Morgan fingerprint density at radius 3 is 2.78 bits per heavy atom. The molecule has 2 heterocycles. The third kappa shape index (κ3) is 5.05. The van der Waals surface area contributed by atoms with Crippen LogP contribution in [-0.2, 0) is 4.74 Å². The molecule has 1 aliphatic carbocycles. The van der Waals surface area contributed by atoms with Gasteiger partial charge in [0, 0.05) is 37.7 Å². The van der Waals surface area contributed by atoms with Crippen molar-refractivity contribution in [2.24, 2.45) is 10.7 Å². The Labute approximate surface area is 191 Å². The number of methoxy groups -OCH3 is 1. The van der Waals surface area contributed by atoms with E-state index in [1.54, 1.807) is 14.0 Å². The number of ether oxygens (including phenoxy) is 1. The number of nitrogens with two attached hydrogens (primary N) is 1. The van der Waals surface area contributed by atoms with Gasteiger partial charge in [-0.1, -0.05) is 37.5 Å². The predicted molar refractivity (Wildman–Crippen MR) is 132 cm³/mol. The first-order valence-corrected chi connectivity index (χ1v) is 12.0. The Kier molecular flexibility index (Phi) is 7.28. The maximum absolute atomic E-state index is 8.60. The first kappa shape index (κ1) is 23.0. The minimum atomic E-state index is -0.430. The van der Waals surface area contributed by atoms with Gasteiger partial charge in [0.1, 0.15) is 17.5 Å². The van der Waals surface area contributed by atoms with Crippen LogP contribution >= 0.6 is 0 Å². The highest BCUT2D eigenvalue weighted by atomic mass is 16.5. The smallest absolute Gasteiger partial charge is 0.365 e. The van der Waals surface area contributed by atoms with E-state index in [0.29, 0.717) is 12.1 Å². The second kappa shape index (κ2) is 10.1. The lowest BCUT2D eigenvalue weighted by molar-refractivity contribution is 0.0534. The molecular weight excluding hydrogens is 402 g/mol. The molecule has 0 spiro atoms. The zero-order valence-electron chi connectivity index (χ0n) is 19.6. The number of nitrogens with zero attached hydrogens (tertiary/aromatic N) is 3. The molecule has 3 atom stereocenters. The molecule has 32 heavy (non-hydrogen) atoms. The van der Waals surface area contributed by atoms with Gasteiger partial charge in [0.2, 0.25) is 0 Å². The highest BCUT2D eigenvalue weighted by Gasteiger charge is 2.33. The number of piperidine rings is 1. The standard InChI is InChI=1S/C25H37N5O2/c1-16-8-7-9-18-14-20(25(31)27-17(2)26)24(29-23(16)18)30-13-12-21(22(15-30)32-3)28-19-10-5-4-6-11-19/h7-9,14,17,19,21-22,28H,4-6,10-13,15,26H2,1-3H3,(H,27,31)/p+1. The molecule has 0 radical (unpaired) electrons. The van der Waals surface area contributed by atoms with Gasteiger partial charge in [-0.05, 0) is 44.7 Å². The van der Waals surface area contributed by atoms with Gasteiger partial charge in [-0.25, -0.2) is 4.98 Å². The molecule has 1 saturated heterocycles. The topological polar surface area (TPSA) is 98.7 Å². The van der Waals surface area contributed by atoms with Crippen LogP contribution in [0, 0.1) is 6.92 Å². The van der Waals surface area contributed by atoms with Crippen molar-refractivity contribution < 1.29 is 9.84 Å². The number of aryl methyl sites for hydroxylation is 1. The van der Waals surface area contributed by atoms with E-state index in [-0.39, 0.29) is 12.0 Å². The number of pyridine rings is 1. The molecule has 174 valence electrons. The maximum atomic E-state index is 8.60.